The molecule has 0 spiro atoms. The van der Waals surface area contributed by atoms with E-state index in [-0.39, 0.29) is 0 Å². The van der Waals surface area contributed by atoms with Crippen LogP contribution in [0.1, 0.15) is 43.5 Å². The van der Waals surface area contributed by atoms with Crippen molar-refractivity contribution in [2.75, 3.05) is 47.3 Å². The van der Waals surface area contributed by atoms with E-state index < -0.39 is 0 Å². The first-order chi connectivity index (χ1) is 12.1. The van der Waals surface area contributed by atoms with Crippen LogP contribution < -0.4 is 10.6 Å². The van der Waals surface area contributed by atoms with Gasteiger partial charge in [0.2, 0.25) is 0 Å². The number of hydrogen-bond donors (Lipinski definition) is 2. The van der Waals surface area contributed by atoms with Crippen LogP contribution in [0.4, 0.5) is 0 Å². The lowest BCUT2D eigenvalue weighted by molar-refractivity contribution is 0.159. The summed E-state index contributed by atoms with van der Waals surface area (Å²) in [7, 11) is 6.10. The van der Waals surface area contributed by atoms with Crippen molar-refractivity contribution in [2.24, 2.45) is 4.99 Å². The molecule has 142 valence electrons. The van der Waals surface area contributed by atoms with Gasteiger partial charge < -0.3 is 20.4 Å². The molecule has 2 atom stereocenters. The van der Waals surface area contributed by atoms with Crippen molar-refractivity contribution in [1.82, 2.24) is 20.4 Å². The van der Waals surface area contributed by atoms with E-state index in [4.69, 9.17) is 0 Å². The summed E-state index contributed by atoms with van der Waals surface area (Å²) in [4.78, 5) is 10.6. The van der Waals surface area contributed by atoms with Gasteiger partial charge in [-0.15, -0.1) is 11.3 Å². The van der Waals surface area contributed by atoms with Crippen molar-refractivity contribution in [3.63, 3.8) is 0 Å². The average molecular weight is 366 g/mol. The Hall–Kier alpha value is -1.11. The molecule has 1 fully saturated rings. The first-order valence-corrected chi connectivity index (χ1v) is 10.4. The van der Waals surface area contributed by atoms with Gasteiger partial charge in [0.25, 0.3) is 0 Å². The highest BCUT2D eigenvalue weighted by Crippen LogP contribution is 2.22. The van der Waals surface area contributed by atoms with E-state index in [9.17, 15) is 0 Å². The number of nitrogens with one attached hydrogen (secondary N) is 2. The first kappa shape index (κ1) is 20.2. The summed E-state index contributed by atoms with van der Waals surface area (Å²) in [6.45, 7) is 6.63. The Bertz CT molecular complexity index is 500. The van der Waals surface area contributed by atoms with Crippen molar-refractivity contribution in [1.29, 1.82) is 0 Å². The van der Waals surface area contributed by atoms with Gasteiger partial charge in [0.1, 0.15) is 0 Å². The Labute approximate surface area is 157 Å². The molecule has 0 saturated carbocycles. The van der Waals surface area contributed by atoms with E-state index in [1.807, 2.05) is 18.4 Å². The number of aliphatic imine (C=N–C) groups is 1. The highest BCUT2D eigenvalue weighted by Gasteiger charge is 2.17. The van der Waals surface area contributed by atoms with Crippen molar-refractivity contribution in [3.8, 4) is 0 Å². The van der Waals surface area contributed by atoms with Crippen molar-refractivity contribution in [2.45, 2.75) is 44.7 Å². The van der Waals surface area contributed by atoms with Crippen LogP contribution in [0.3, 0.4) is 0 Å². The van der Waals surface area contributed by atoms with Crippen molar-refractivity contribution < 1.29 is 0 Å². The highest BCUT2D eigenvalue weighted by atomic mass is 32.1. The van der Waals surface area contributed by atoms with Gasteiger partial charge in [-0.1, -0.05) is 12.5 Å². The molecule has 0 aliphatic carbocycles. The van der Waals surface area contributed by atoms with Crippen LogP contribution in [0, 0.1) is 0 Å². The lowest BCUT2D eigenvalue weighted by Gasteiger charge is -2.33. The van der Waals surface area contributed by atoms with Crippen molar-refractivity contribution >= 4 is 17.3 Å². The summed E-state index contributed by atoms with van der Waals surface area (Å²) >= 11 is 1.81. The zero-order valence-corrected chi connectivity index (χ0v) is 17.1. The van der Waals surface area contributed by atoms with Gasteiger partial charge in [-0.3, -0.25) is 4.99 Å². The normalized spacial score (nSPS) is 20.7. The second-order valence-corrected chi connectivity index (χ2v) is 8.09. The first-order valence-electron chi connectivity index (χ1n) is 9.50. The van der Waals surface area contributed by atoms with Gasteiger partial charge in [0.05, 0.1) is 6.04 Å². The molecule has 2 rings (SSSR count). The van der Waals surface area contributed by atoms with Crippen LogP contribution in [0.2, 0.25) is 0 Å². The third-order valence-electron chi connectivity index (χ3n) is 5.04. The standard InChI is InChI=1S/C19H35N5S/c1-16-9-5-6-12-24(16)13-8-11-21-19(20-2)22-15-17(23(3)4)18-10-7-14-25-18/h7,10,14,16-17H,5-6,8-9,11-13,15H2,1-4H3,(H2,20,21,22). The van der Waals surface area contributed by atoms with E-state index in [2.05, 4.69) is 64.0 Å². The van der Waals surface area contributed by atoms with E-state index in [0.29, 0.717) is 6.04 Å². The molecule has 1 aromatic heterocycles. The Balaban J connectivity index is 1.69. The molecule has 1 aliphatic rings. The summed E-state index contributed by atoms with van der Waals surface area (Å²) in [5.41, 5.74) is 0. The molecule has 0 radical (unpaired) electrons. The smallest absolute Gasteiger partial charge is 0.191 e. The number of thiophene rings is 1. The van der Waals surface area contributed by atoms with Crippen LogP contribution in [0.25, 0.3) is 0 Å². The third kappa shape index (κ3) is 6.60. The Morgan fingerprint density at radius 3 is 2.88 bits per heavy atom. The molecule has 2 heterocycles. The van der Waals surface area contributed by atoms with Crippen LogP contribution in [0.5, 0.6) is 0 Å². The lowest BCUT2D eigenvalue weighted by atomic mass is 10.0. The Morgan fingerprint density at radius 1 is 1.40 bits per heavy atom. The number of piperidine rings is 1. The molecule has 6 heteroatoms. The topological polar surface area (TPSA) is 42.9 Å². The molecule has 1 aliphatic heterocycles. The number of nitrogens with zero attached hydrogens (tertiary/aromatic N) is 3. The molecular weight excluding hydrogens is 330 g/mol. The maximum absolute atomic E-state index is 4.37. The number of guanidine groups is 1. The van der Waals surface area contributed by atoms with Crippen molar-refractivity contribution in [3.05, 3.63) is 22.4 Å². The van der Waals surface area contributed by atoms with E-state index in [0.717, 1.165) is 31.5 Å². The Morgan fingerprint density at radius 2 is 2.24 bits per heavy atom. The summed E-state index contributed by atoms with van der Waals surface area (Å²) in [5.74, 6) is 0.898. The predicted octanol–water partition coefficient (Wildman–Crippen LogP) is 2.78. The minimum absolute atomic E-state index is 0.368. The fourth-order valence-electron chi connectivity index (χ4n) is 3.41. The number of likely N-dealkylation sites (tertiary alicyclic amines) is 1. The minimum atomic E-state index is 0.368. The molecule has 0 aromatic carbocycles. The SMILES string of the molecule is CN=C(NCCCN1CCCCC1C)NCC(c1cccs1)N(C)C. The maximum atomic E-state index is 4.37. The lowest BCUT2D eigenvalue weighted by Crippen LogP contribution is -2.43. The molecule has 1 aromatic rings. The summed E-state index contributed by atoms with van der Waals surface area (Å²) < 4.78 is 0. The summed E-state index contributed by atoms with van der Waals surface area (Å²) in [6, 6.07) is 5.43. The Kier molecular flexibility index (Phi) is 8.72. The number of likely N-dealkylation sites (N-methyl/N-ethyl adjacent to an activating group) is 1. The molecular formula is C19H35N5S. The second kappa shape index (κ2) is 10.8. The van der Waals surface area contributed by atoms with E-state index in [1.165, 1.54) is 37.2 Å². The molecule has 5 nitrogen and oxygen atoms in total. The zero-order chi connectivity index (χ0) is 18.1. The summed E-state index contributed by atoms with van der Waals surface area (Å²) in [5, 5.41) is 9.08. The molecule has 25 heavy (non-hydrogen) atoms. The summed E-state index contributed by atoms with van der Waals surface area (Å²) in [6.07, 6.45) is 5.26. The fraction of sp³-hybridized carbons (Fsp3) is 0.737. The monoisotopic (exact) mass is 365 g/mol. The maximum Gasteiger partial charge on any atom is 0.191 e. The van der Waals surface area contributed by atoms with Crippen LogP contribution >= 0.6 is 11.3 Å². The van der Waals surface area contributed by atoms with Crippen LogP contribution in [-0.4, -0.2) is 69.1 Å². The molecule has 2 unspecified atom stereocenters. The van der Waals surface area contributed by atoms with Gasteiger partial charge >= 0.3 is 0 Å². The van der Waals surface area contributed by atoms with Crippen LogP contribution in [-0.2, 0) is 0 Å². The predicted molar refractivity (Wildman–Crippen MR) is 110 cm³/mol. The second-order valence-electron chi connectivity index (χ2n) is 7.11. The molecule has 0 bridgehead atoms. The van der Waals surface area contributed by atoms with E-state index >= 15 is 0 Å². The zero-order valence-electron chi connectivity index (χ0n) is 16.3. The minimum Gasteiger partial charge on any atom is -0.356 e. The van der Waals surface area contributed by atoms with Crippen LogP contribution in [0.15, 0.2) is 22.5 Å². The van der Waals surface area contributed by atoms with Gasteiger partial charge in [-0.05, 0) is 58.3 Å². The molecule has 0 amide bonds. The van der Waals surface area contributed by atoms with E-state index in [1.54, 1.807) is 0 Å². The van der Waals surface area contributed by atoms with Gasteiger partial charge in [0.15, 0.2) is 5.96 Å². The molecule has 1 saturated heterocycles. The fourth-order valence-corrected chi connectivity index (χ4v) is 4.33. The largest absolute Gasteiger partial charge is 0.356 e. The average Bonchev–Trinajstić information content (AvgIpc) is 3.12. The van der Waals surface area contributed by atoms with Gasteiger partial charge in [-0.2, -0.15) is 0 Å². The van der Waals surface area contributed by atoms with Gasteiger partial charge in [0, 0.05) is 37.6 Å². The van der Waals surface area contributed by atoms with Gasteiger partial charge in [-0.25, -0.2) is 0 Å². The molecule has 2 N–H and O–H groups in total. The highest BCUT2D eigenvalue weighted by molar-refractivity contribution is 7.10. The third-order valence-corrected chi connectivity index (χ3v) is 6.01. The number of rotatable bonds is 8. The number of hydrogen-bond acceptors (Lipinski definition) is 4. The quantitative estimate of drug-likeness (QED) is 0.422.